The van der Waals surface area contributed by atoms with Crippen molar-refractivity contribution in [2.75, 3.05) is 19.6 Å². The number of nitrogens with one attached hydrogen (secondary N) is 2. The minimum absolute atomic E-state index is 0. The van der Waals surface area contributed by atoms with E-state index in [0.29, 0.717) is 0 Å². The number of thiophene rings is 1. The third kappa shape index (κ3) is 4.34. The van der Waals surface area contributed by atoms with Gasteiger partial charge in [0.05, 0.1) is 4.88 Å². The Bertz CT molecular complexity index is 635. The summed E-state index contributed by atoms with van der Waals surface area (Å²) in [7, 11) is 0. The van der Waals surface area contributed by atoms with Crippen LogP contribution in [0.15, 0.2) is 41.8 Å². The maximum absolute atomic E-state index is 12.6. The lowest BCUT2D eigenvalue weighted by atomic mass is 9.81. The van der Waals surface area contributed by atoms with Crippen molar-refractivity contribution in [3.63, 3.8) is 0 Å². The van der Waals surface area contributed by atoms with Gasteiger partial charge in [0.15, 0.2) is 0 Å². The van der Waals surface area contributed by atoms with Crippen molar-refractivity contribution >= 4 is 29.7 Å². The van der Waals surface area contributed by atoms with E-state index >= 15 is 0 Å². The Hall–Kier alpha value is -1.36. The highest BCUT2D eigenvalue weighted by molar-refractivity contribution is 7.12. The summed E-state index contributed by atoms with van der Waals surface area (Å²) in [5, 5.41) is 8.51. The number of amides is 1. The summed E-state index contributed by atoms with van der Waals surface area (Å²) in [5.41, 5.74) is 2.34. The second-order valence-corrected chi connectivity index (χ2v) is 7.19. The maximum atomic E-state index is 12.6. The first kappa shape index (κ1) is 18.0. The zero-order valence-corrected chi connectivity index (χ0v) is 14.9. The molecule has 1 aliphatic heterocycles. The fourth-order valence-corrected chi connectivity index (χ4v) is 3.74. The Morgan fingerprint density at radius 3 is 2.61 bits per heavy atom. The van der Waals surface area contributed by atoms with Crippen LogP contribution in [-0.4, -0.2) is 25.5 Å². The van der Waals surface area contributed by atoms with E-state index < -0.39 is 0 Å². The van der Waals surface area contributed by atoms with Crippen LogP contribution in [0, 0.1) is 5.41 Å². The van der Waals surface area contributed by atoms with Crippen LogP contribution in [0.4, 0.5) is 0 Å². The molecule has 23 heavy (non-hydrogen) atoms. The number of carbonyl (C=O) groups is 1. The largest absolute Gasteiger partial charge is 0.351 e. The molecule has 0 aliphatic carbocycles. The number of hydrogen-bond acceptors (Lipinski definition) is 3. The second kappa shape index (κ2) is 7.95. The highest BCUT2D eigenvalue weighted by Crippen LogP contribution is 2.30. The van der Waals surface area contributed by atoms with Crippen molar-refractivity contribution in [1.82, 2.24) is 10.6 Å². The quantitative estimate of drug-likeness (QED) is 0.876. The molecule has 0 saturated carbocycles. The van der Waals surface area contributed by atoms with Crippen molar-refractivity contribution in [2.45, 2.75) is 19.8 Å². The lowest BCUT2D eigenvalue weighted by Crippen LogP contribution is -2.42. The van der Waals surface area contributed by atoms with E-state index in [1.165, 1.54) is 11.3 Å². The molecule has 2 heterocycles. The zero-order chi connectivity index (χ0) is 15.4. The van der Waals surface area contributed by atoms with E-state index in [4.69, 9.17) is 0 Å². The van der Waals surface area contributed by atoms with Crippen molar-refractivity contribution in [1.29, 1.82) is 0 Å². The van der Waals surface area contributed by atoms with Crippen molar-refractivity contribution in [3.8, 4) is 11.1 Å². The van der Waals surface area contributed by atoms with Gasteiger partial charge in [-0.25, -0.2) is 0 Å². The zero-order valence-electron chi connectivity index (χ0n) is 13.3. The molecular weight excluding hydrogens is 328 g/mol. The van der Waals surface area contributed by atoms with Gasteiger partial charge in [-0.15, -0.1) is 23.7 Å². The first-order valence-corrected chi connectivity index (χ1v) is 8.68. The topological polar surface area (TPSA) is 41.1 Å². The molecule has 2 N–H and O–H groups in total. The Balaban J connectivity index is 0.00000192. The molecule has 0 spiro atoms. The molecule has 1 aliphatic rings. The normalized spacial score (nSPS) is 16.4. The number of halogens is 1. The average molecular weight is 351 g/mol. The molecule has 1 aromatic carbocycles. The van der Waals surface area contributed by atoms with Crippen LogP contribution >= 0.6 is 23.7 Å². The number of piperidine rings is 1. The van der Waals surface area contributed by atoms with Crippen molar-refractivity contribution < 1.29 is 4.79 Å². The fourth-order valence-electron chi connectivity index (χ4n) is 2.91. The Morgan fingerprint density at radius 1 is 1.22 bits per heavy atom. The molecule has 1 saturated heterocycles. The average Bonchev–Trinajstić information content (AvgIpc) is 3.04. The molecule has 124 valence electrons. The summed E-state index contributed by atoms with van der Waals surface area (Å²) in [5.74, 6) is 0.0496. The highest BCUT2D eigenvalue weighted by atomic mass is 35.5. The standard InChI is InChI=1S/C18H22N2OS.ClH/c1-18(8-10-19-11-9-18)13-20-17(21)16-15(7-12-22-16)14-5-3-2-4-6-14;/h2-7,12,19H,8-11,13H2,1H3,(H,20,21);1H. The van der Waals surface area contributed by atoms with Gasteiger partial charge in [0.25, 0.3) is 5.91 Å². The molecule has 1 amide bonds. The van der Waals surface area contributed by atoms with Gasteiger partial charge in [-0.1, -0.05) is 37.3 Å². The van der Waals surface area contributed by atoms with Gasteiger partial charge in [-0.05, 0) is 48.4 Å². The fraction of sp³-hybridized carbons (Fsp3) is 0.389. The summed E-state index contributed by atoms with van der Waals surface area (Å²) in [6.45, 7) is 5.10. The van der Waals surface area contributed by atoms with E-state index in [1.54, 1.807) is 0 Å². The summed E-state index contributed by atoms with van der Waals surface area (Å²) >= 11 is 1.51. The minimum Gasteiger partial charge on any atom is -0.351 e. The van der Waals surface area contributed by atoms with Gasteiger partial charge in [0.1, 0.15) is 0 Å². The van der Waals surface area contributed by atoms with Crippen LogP contribution in [0.5, 0.6) is 0 Å². The Kier molecular flexibility index (Phi) is 6.22. The van der Waals surface area contributed by atoms with Crippen molar-refractivity contribution in [2.24, 2.45) is 5.41 Å². The van der Waals surface area contributed by atoms with E-state index in [0.717, 1.165) is 48.5 Å². The maximum Gasteiger partial charge on any atom is 0.262 e. The molecule has 1 fully saturated rings. The SMILES string of the molecule is CC1(CNC(=O)c2sccc2-c2ccccc2)CCNCC1.Cl. The molecule has 3 nitrogen and oxygen atoms in total. The highest BCUT2D eigenvalue weighted by Gasteiger charge is 2.27. The predicted octanol–water partition coefficient (Wildman–Crippen LogP) is 3.96. The molecule has 5 heteroatoms. The third-order valence-electron chi connectivity index (χ3n) is 4.44. The number of hydrogen-bond donors (Lipinski definition) is 2. The van der Waals surface area contributed by atoms with Gasteiger partial charge >= 0.3 is 0 Å². The third-order valence-corrected chi connectivity index (χ3v) is 5.36. The van der Waals surface area contributed by atoms with E-state index in [-0.39, 0.29) is 23.7 Å². The van der Waals surface area contributed by atoms with Crippen LogP contribution in [0.1, 0.15) is 29.4 Å². The lowest BCUT2D eigenvalue weighted by Gasteiger charge is -2.34. The molecule has 3 rings (SSSR count). The predicted molar refractivity (Wildman–Crippen MR) is 99.5 cm³/mol. The monoisotopic (exact) mass is 350 g/mol. The number of carbonyl (C=O) groups excluding carboxylic acids is 1. The number of benzene rings is 1. The van der Waals surface area contributed by atoms with Gasteiger partial charge in [-0.2, -0.15) is 0 Å². The van der Waals surface area contributed by atoms with Crippen LogP contribution in [-0.2, 0) is 0 Å². The molecule has 0 bridgehead atoms. The van der Waals surface area contributed by atoms with E-state index in [2.05, 4.69) is 17.6 Å². The molecule has 0 atom stereocenters. The van der Waals surface area contributed by atoms with Gasteiger partial charge in [-0.3, -0.25) is 4.79 Å². The van der Waals surface area contributed by atoms with Gasteiger partial charge in [0, 0.05) is 12.1 Å². The smallest absolute Gasteiger partial charge is 0.262 e. The van der Waals surface area contributed by atoms with Crippen LogP contribution in [0.25, 0.3) is 11.1 Å². The first-order chi connectivity index (χ1) is 10.7. The number of rotatable bonds is 4. The Morgan fingerprint density at radius 2 is 1.91 bits per heavy atom. The van der Waals surface area contributed by atoms with E-state index in [1.807, 2.05) is 41.8 Å². The summed E-state index contributed by atoms with van der Waals surface area (Å²) in [4.78, 5) is 13.4. The Labute approximate surface area is 147 Å². The molecular formula is C18H23ClN2OS. The molecule has 2 aromatic rings. The van der Waals surface area contributed by atoms with E-state index in [9.17, 15) is 4.79 Å². The molecule has 0 radical (unpaired) electrons. The van der Waals surface area contributed by atoms with Crippen molar-refractivity contribution in [3.05, 3.63) is 46.7 Å². The summed E-state index contributed by atoms with van der Waals surface area (Å²) in [6, 6.07) is 12.1. The van der Waals surface area contributed by atoms with Gasteiger partial charge < -0.3 is 10.6 Å². The van der Waals surface area contributed by atoms with Crippen LogP contribution in [0.2, 0.25) is 0 Å². The summed E-state index contributed by atoms with van der Waals surface area (Å²) < 4.78 is 0. The summed E-state index contributed by atoms with van der Waals surface area (Å²) in [6.07, 6.45) is 2.23. The minimum atomic E-state index is 0. The van der Waals surface area contributed by atoms with Crippen LogP contribution < -0.4 is 10.6 Å². The van der Waals surface area contributed by atoms with Crippen LogP contribution in [0.3, 0.4) is 0 Å². The lowest BCUT2D eigenvalue weighted by molar-refractivity contribution is 0.0927. The molecule has 0 unspecified atom stereocenters. The van der Waals surface area contributed by atoms with Gasteiger partial charge in [0.2, 0.25) is 0 Å². The first-order valence-electron chi connectivity index (χ1n) is 7.80. The second-order valence-electron chi connectivity index (χ2n) is 6.27. The molecule has 1 aromatic heterocycles.